The highest BCUT2D eigenvalue weighted by atomic mass is 35.5. The summed E-state index contributed by atoms with van der Waals surface area (Å²) >= 11 is 7.64. The first-order valence-corrected chi connectivity index (χ1v) is 7.69. The zero-order chi connectivity index (χ0) is 13.9. The van der Waals surface area contributed by atoms with Gasteiger partial charge in [0.25, 0.3) is 0 Å². The fourth-order valence-corrected chi connectivity index (χ4v) is 4.13. The van der Waals surface area contributed by atoms with Gasteiger partial charge in [-0.3, -0.25) is 4.90 Å². The first kappa shape index (κ1) is 16.0. The van der Waals surface area contributed by atoms with Gasteiger partial charge in [0.15, 0.2) is 0 Å². The largest absolute Gasteiger partial charge is 0.329 e. The van der Waals surface area contributed by atoms with Crippen LogP contribution in [0.15, 0.2) is 12.1 Å². The predicted octanol–water partition coefficient (Wildman–Crippen LogP) is 3.84. The molecule has 0 aliphatic heterocycles. The lowest BCUT2D eigenvalue weighted by Crippen LogP contribution is -2.59. The first-order valence-electron chi connectivity index (χ1n) is 6.50. The molecule has 1 aromatic rings. The van der Waals surface area contributed by atoms with Crippen molar-refractivity contribution in [2.45, 2.75) is 39.8 Å². The van der Waals surface area contributed by atoms with Crippen LogP contribution < -0.4 is 5.73 Å². The molecule has 1 aromatic heterocycles. The maximum atomic E-state index is 6.11. The van der Waals surface area contributed by atoms with Crippen LogP contribution in [0, 0.1) is 11.8 Å². The second kappa shape index (κ2) is 6.38. The van der Waals surface area contributed by atoms with Crippen LogP contribution in [0.3, 0.4) is 0 Å². The van der Waals surface area contributed by atoms with Gasteiger partial charge in [0, 0.05) is 23.5 Å². The Morgan fingerprint density at radius 1 is 1.28 bits per heavy atom. The van der Waals surface area contributed by atoms with E-state index in [1.165, 1.54) is 4.88 Å². The van der Waals surface area contributed by atoms with Crippen LogP contribution in [-0.4, -0.2) is 24.0 Å². The van der Waals surface area contributed by atoms with Gasteiger partial charge in [-0.1, -0.05) is 39.3 Å². The summed E-state index contributed by atoms with van der Waals surface area (Å²) in [6.45, 7) is 10.6. The molecule has 2 N–H and O–H groups in total. The quantitative estimate of drug-likeness (QED) is 0.862. The molecule has 0 bridgehead atoms. The minimum Gasteiger partial charge on any atom is -0.329 e. The normalized spacial score (nSPS) is 13.0. The van der Waals surface area contributed by atoms with Gasteiger partial charge < -0.3 is 5.73 Å². The Morgan fingerprint density at radius 2 is 1.83 bits per heavy atom. The molecule has 1 heterocycles. The van der Waals surface area contributed by atoms with Crippen molar-refractivity contribution in [3.05, 3.63) is 21.3 Å². The predicted molar refractivity (Wildman–Crippen MR) is 82.3 cm³/mol. The van der Waals surface area contributed by atoms with Gasteiger partial charge in [0.05, 0.1) is 4.34 Å². The van der Waals surface area contributed by atoms with E-state index in [0.717, 1.165) is 10.9 Å². The molecule has 0 unspecified atom stereocenters. The molecule has 0 aromatic carbocycles. The van der Waals surface area contributed by atoms with E-state index >= 15 is 0 Å². The van der Waals surface area contributed by atoms with Gasteiger partial charge >= 0.3 is 0 Å². The molecule has 104 valence electrons. The Hall–Kier alpha value is -0.0900. The molecule has 0 atom stereocenters. The van der Waals surface area contributed by atoms with Crippen molar-refractivity contribution in [1.29, 1.82) is 0 Å². The lowest BCUT2D eigenvalue weighted by molar-refractivity contribution is 0.0263. The molecule has 1 rings (SSSR count). The maximum Gasteiger partial charge on any atom is 0.0931 e. The standard InChI is InChI=1S/C14H25ClN2S/c1-10(2)14(9-16,11(3)4)17(5)8-12-6-7-13(15)18-12/h6-7,10-11H,8-9,16H2,1-5H3. The van der Waals surface area contributed by atoms with Crippen LogP contribution in [0.2, 0.25) is 4.34 Å². The smallest absolute Gasteiger partial charge is 0.0931 e. The van der Waals surface area contributed by atoms with Gasteiger partial charge in [0.2, 0.25) is 0 Å². The lowest BCUT2D eigenvalue weighted by atomic mass is 9.75. The number of hydrogen-bond acceptors (Lipinski definition) is 3. The van der Waals surface area contributed by atoms with Crippen molar-refractivity contribution in [3.63, 3.8) is 0 Å². The monoisotopic (exact) mass is 288 g/mol. The number of hydrogen-bond donors (Lipinski definition) is 1. The summed E-state index contributed by atoms with van der Waals surface area (Å²) in [6.07, 6.45) is 0. The molecule has 0 aliphatic carbocycles. The second-order valence-corrected chi connectivity index (χ2v) is 7.37. The summed E-state index contributed by atoms with van der Waals surface area (Å²) in [5.74, 6) is 1.03. The molecule has 2 nitrogen and oxygen atoms in total. The Kier molecular flexibility index (Phi) is 5.66. The van der Waals surface area contributed by atoms with Crippen molar-refractivity contribution < 1.29 is 0 Å². The molecular formula is C14H25ClN2S. The van der Waals surface area contributed by atoms with Gasteiger partial charge in [-0.2, -0.15) is 0 Å². The average Bonchev–Trinajstić information content (AvgIpc) is 2.64. The van der Waals surface area contributed by atoms with Crippen molar-refractivity contribution >= 4 is 22.9 Å². The molecule has 18 heavy (non-hydrogen) atoms. The summed E-state index contributed by atoms with van der Waals surface area (Å²) in [5.41, 5.74) is 6.14. The molecule has 0 amide bonds. The first-order chi connectivity index (χ1) is 8.34. The Bertz CT molecular complexity index is 366. The van der Waals surface area contributed by atoms with E-state index in [2.05, 4.69) is 45.7 Å². The molecule has 4 heteroatoms. The fourth-order valence-electron chi connectivity index (χ4n) is 2.99. The van der Waals surface area contributed by atoms with Crippen LogP contribution in [0.1, 0.15) is 32.6 Å². The van der Waals surface area contributed by atoms with Crippen LogP contribution in [0.5, 0.6) is 0 Å². The average molecular weight is 289 g/mol. The van der Waals surface area contributed by atoms with Crippen molar-refractivity contribution in [2.24, 2.45) is 17.6 Å². The van der Waals surface area contributed by atoms with E-state index < -0.39 is 0 Å². The lowest BCUT2D eigenvalue weighted by Gasteiger charge is -2.48. The van der Waals surface area contributed by atoms with E-state index in [0.29, 0.717) is 18.4 Å². The molecule has 0 spiro atoms. The van der Waals surface area contributed by atoms with E-state index in [9.17, 15) is 0 Å². The summed E-state index contributed by atoms with van der Waals surface area (Å²) in [7, 11) is 2.17. The number of rotatable bonds is 6. The summed E-state index contributed by atoms with van der Waals surface area (Å²) in [5, 5.41) is 0. The van der Waals surface area contributed by atoms with Gasteiger partial charge in [-0.05, 0) is 31.0 Å². The fraction of sp³-hybridized carbons (Fsp3) is 0.714. The van der Waals surface area contributed by atoms with Gasteiger partial charge in [-0.25, -0.2) is 0 Å². The zero-order valence-corrected chi connectivity index (χ0v) is 13.6. The summed E-state index contributed by atoms with van der Waals surface area (Å²) < 4.78 is 0.853. The molecular weight excluding hydrogens is 264 g/mol. The van der Waals surface area contributed by atoms with Gasteiger partial charge in [0.1, 0.15) is 0 Å². The highest BCUT2D eigenvalue weighted by Crippen LogP contribution is 2.33. The number of nitrogens with zero attached hydrogens (tertiary/aromatic N) is 1. The number of nitrogens with two attached hydrogens (primary N) is 1. The topological polar surface area (TPSA) is 29.3 Å². The van der Waals surface area contributed by atoms with Crippen molar-refractivity contribution in [1.82, 2.24) is 4.90 Å². The van der Waals surface area contributed by atoms with Crippen LogP contribution in [-0.2, 0) is 6.54 Å². The Morgan fingerprint density at radius 3 is 2.17 bits per heavy atom. The SMILES string of the molecule is CC(C)C(CN)(C(C)C)N(C)Cc1ccc(Cl)s1. The van der Waals surface area contributed by atoms with Crippen LogP contribution in [0.25, 0.3) is 0 Å². The zero-order valence-electron chi connectivity index (χ0n) is 12.0. The van der Waals surface area contributed by atoms with E-state index in [4.69, 9.17) is 17.3 Å². The minimum atomic E-state index is 0.0382. The highest BCUT2D eigenvalue weighted by Gasteiger charge is 2.39. The highest BCUT2D eigenvalue weighted by molar-refractivity contribution is 7.16. The molecule has 0 saturated carbocycles. The molecule has 0 radical (unpaired) electrons. The number of likely N-dealkylation sites (N-methyl/N-ethyl adjacent to an activating group) is 1. The second-order valence-electron chi connectivity index (χ2n) is 5.57. The third-order valence-corrected chi connectivity index (χ3v) is 5.28. The van der Waals surface area contributed by atoms with Crippen molar-refractivity contribution in [3.8, 4) is 0 Å². The third-order valence-electron chi connectivity index (χ3n) is 4.06. The Balaban J connectivity index is 2.92. The van der Waals surface area contributed by atoms with E-state index in [1.807, 2.05) is 6.07 Å². The van der Waals surface area contributed by atoms with Crippen LogP contribution >= 0.6 is 22.9 Å². The van der Waals surface area contributed by atoms with E-state index in [1.54, 1.807) is 11.3 Å². The van der Waals surface area contributed by atoms with Crippen LogP contribution in [0.4, 0.5) is 0 Å². The molecule has 0 saturated heterocycles. The van der Waals surface area contributed by atoms with Crippen molar-refractivity contribution in [2.75, 3.05) is 13.6 Å². The maximum absolute atomic E-state index is 6.11. The molecule has 0 aliphatic rings. The minimum absolute atomic E-state index is 0.0382. The van der Waals surface area contributed by atoms with Gasteiger partial charge in [-0.15, -0.1) is 11.3 Å². The van der Waals surface area contributed by atoms with E-state index in [-0.39, 0.29) is 5.54 Å². The number of thiophene rings is 1. The third kappa shape index (κ3) is 3.08. The number of halogens is 1. The summed E-state index contributed by atoms with van der Waals surface area (Å²) in [4.78, 5) is 3.69. The summed E-state index contributed by atoms with van der Waals surface area (Å²) in [6, 6.07) is 4.07. The Labute approximate surface area is 120 Å². The molecule has 0 fully saturated rings.